The average Bonchev–Trinajstić information content (AvgIpc) is 3.00. The first-order chi connectivity index (χ1) is 10.5. The predicted molar refractivity (Wildman–Crippen MR) is 91.2 cm³/mol. The number of nitrogens with one attached hydrogen (secondary N) is 1. The maximum absolute atomic E-state index is 11.8. The Morgan fingerprint density at radius 3 is 2.59 bits per heavy atom. The lowest BCUT2D eigenvalue weighted by atomic mass is 10.3. The molecule has 0 fully saturated rings. The van der Waals surface area contributed by atoms with Gasteiger partial charge < -0.3 is 10.2 Å². The van der Waals surface area contributed by atoms with E-state index in [2.05, 4.69) is 10.3 Å². The lowest BCUT2D eigenvalue weighted by Gasteiger charge is -2.09. The number of carbonyl (C=O) groups excluding carboxylic acids is 2. The molecule has 0 saturated heterocycles. The van der Waals surface area contributed by atoms with Crippen LogP contribution in [0.15, 0.2) is 46.8 Å². The summed E-state index contributed by atoms with van der Waals surface area (Å²) < 4.78 is 0. The Labute approximate surface area is 137 Å². The maximum Gasteiger partial charge on any atom is 0.285 e. The highest BCUT2D eigenvalue weighted by atomic mass is 32.2. The van der Waals surface area contributed by atoms with Crippen molar-refractivity contribution in [1.82, 2.24) is 9.88 Å². The molecule has 7 heteroatoms. The molecule has 1 heterocycles. The molecule has 1 aromatic carbocycles. The van der Waals surface area contributed by atoms with Crippen molar-refractivity contribution in [2.75, 3.05) is 19.4 Å². The molecule has 0 bridgehead atoms. The van der Waals surface area contributed by atoms with Gasteiger partial charge in [-0.15, -0.1) is 11.3 Å². The van der Waals surface area contributed by atoms with E-state index in [9.17, 15) is 9.59 Å². The molecule has 114 valence electrons. The second-order valence-corrected chi connectivity index (χ2v) is 6.43. The van der Waals surface area contributed by atoms with Crippen molar-refractivity contribution in [3.05, 3.63) is 46.9 Å². The monoisotopic (exact) mass is 333 g/mol. The molecule has 0 radical (unpaired) electrons. The molecular formula is C15H15N3O2S2. The summed E-state index contributed by atoms with van der Waals surface area (Å²) in [6, 6.07) is 7.12. The molecule has 2 amide bonds. The van der Waals surface area contributed by atoms with E-state index < -0.39 is 0 Å². The van der Waals surface area contributed by atoms with Crippen LogP contribution < -0.4 is 5.32 Å². The van der Waals surface area contributed by atoms with Crippen LogP contribution >= 0.6 is 23.1 Å². The van der Waals surface area contributed by atoms with E-state index >= 15 is 0 Å². The molecule has 0 unspecified atom stereocenters. The van der Waals surface area contributed by atoms with Gasteiger partial charge in [-0.1, -0.05) is 0 Å². The third-order valence-corrected chi connectivity index (χ3v) is 4.31. The summed E-state index contributed by atoms with van der Waals surface area (Å²) >= 11 is 2.61. The quantitative estimate of drug-likeness (QED) is 0.686. The van der Waals surface area contributed by atoms with Crippen molar-refractivity contribution in [2.45, 2.75) is 4.90 Å². The van der Waals surface area contributed by atoms with Gasteiger partial charge in [0.25, 0.3) is 5.24 Å². The lowest BCUT2D eigenvalue weighted by molar-refractivity contribution is -0.111. The summed E-state index contributed by atoms with van der Waals surface area (Å²) in [5.41, 5.74) is 0.676. The SMILES string of the molecule is CN(C)C(=O)Sc1ccc(NC(=O)C=Cc2nccs2)cc1. The van der Waals surface area contributed by atoms with E-state index in [1.807, 2.05) is 5.38 Å². The van der Waals surface area contributed by atoms with Crippen molar-refractivity contribution >= 4 is 46.0 Å². The molecule has 2 aromatic rings. The van der Waals surface area contributed by atoms with Crippen LogP contribution in [-0.4, -0.2) is 35.1 Å². The fourth-order valence-electron chi connectivity index (χ4n) is 1.45. The second-order valence-electron chi connectivity index (χ2n) is 4.48. The number of thiazole rings is 1. The number of hydrogen-bond donors (Lipinski definition) is 1. The molecule has 1 aromatic heterocycles. The first-order valence-corrected chi connectivity index (χ1v) is 8.12. The Bertz CT molecular complexity index is 665. The highest BCUT2D eigenvalue weighted by Gasteiger charge is 2.06. The second kappa shape index (κ2) is 7.77. The zero-order chi connectivity index (χ0) is 15.9. The molecule has 0 atom stereocenters. The van der Waals surface area contributed by atoms with Gasteiger partial charge in [-0.05, 0) is 42.1 Å². The van der Waals surface area contributed by atoms with Crippen LogP contribution in [0.1, 0.15) is 5.01 Å². The molecule has 0 spiro atoms. The minimum atomic E-state index is -0.222. The van der Waals surface area contributed by atoms with E-state index in [1.165, 1.54) is 22.3 Å². The van der Waals surface area contributed by atoms with Crippen molar-refractivity contribution in [3.8, 4) is 0 Å². The predicted octanol–water partition coefficient (Wildman–Crippen LogP) is 3.57. The smallest absolute Gasteiger partial charge is 0.285 e. The Morgan fingerprint density at radius 1 is 1.27 bits per heavy atom. The number of aromatic nitrogens is 1. The van der Waals surface area contributed by atoms with Crippen molar-refractivity contribution < 1.29 is 9.59 Å². The van der Waals surface area contributed by atoms with E-state index in [4.69, 9.17) is 0 Å². The Hall–Kier alpha value is -2.12. The van der Waals surface area contributed by atoms with Gasteiger partial charge in [0.15, 0.2) is 0 Å². The number of nitrogens with zero attached hydrogens (tertiary/aromatic N) is 2. The molecule has 0 aliphatic heterocycles. The van der Waals surface area contributed by atoms with Gasteiger partial charge in [-0.2, -0.15) is 0 Å². The number of thioether (sulfide) groups is 1. The van der Waals surface area contributed by atoms with Crippen LogP contribution in [0.3, 0.4) is 0 Å². The normalized spacial score (nSPS) is 10.6. The summed E-state index contributed by atoms with van der Waals surface area (Å²) in [5, 5.41) is 5.35. The summed E-state index contributed by atoms with van der Waals surface area (Å²) in [4.78, 5) is 29.8. The number of anilines is 1. The van der Waals surface area contributed by atoms with Crippen LogP contribution in [-0.2, 0) is 4.79 Å². The van der Waals surface area contributed by atoms with Gasteiger partial charge in [0, 0.05) is 42.3 Å². The topological polar surface area (TPSA) is 62.3 Å². The minimum Gasteiger partial charge on any atom is -0.339 e. The van der Waals surface area contributed by atoms with Gasteiger partial charge in [0.05, 0.1) is 0 Å². The number of carbonyl (C=O) groups is 2. The lowest BCUT2D eigenvalue weighted by Crippen LogP contribution is -2.16. The molecule has 5 nitrogen and oxygen atoms in total. The van der Waals surface area contributed by atoms with Gasteiger partial charge in [0.1, 0.15) is 5.01 Å². The van der Waals surface area contributed by atoms with Crippen LogP contribution in [0.2, 0.25) is 0 Å². The average molecular weight is 333 g/mol. The van der Waals surface area contributed by atoms with Crippen LogP contribution in [0.25, 0.3) is 6.08 Å². The van der Waals surface area contributed by atoms with Crippen LogP contribution in [0, 0.1) is 0 Å². The highest BCUT2D eigenvalue weighted by Crippen LogP contribution is 2.22. The number of hydrogen-bond acceptors (Lipinski definition) is 5. The summed E-state index contributed by atoms with van der Waals surface area (Å²) in [6.45, 7) is 0. The summed E-state index contributed by atoms with van der Waals surface area (Å²) in [5.74, 6) is -0.222. The first kappa shape index (κ1) is 16.3. The summed E-state index contributed by atoms with van der Waals surface area (Å²) in [7, 11) is 3.41. The Balaban J connectivity index is 1.90. The van der Waals surface area contributed by atoms with Crippen molar-refractivity contribution in [1.29, 1.82) is 0 Å². The summed E-state index contributed by atoms with van der Waals surface area (Å²) in [6.07, 6.45) is 4.80. The van der Waals surface area contributed by atoms with Gasteiger partial charge in [-0.3, -0.25) is 9.59 Å². The first-order valence-electron chi connectivity index (χ1n) is 6.42. The van der Waals surface area contributed by atoms with Crippen LogP contribution in [0.4, 0.5) is 10.5 Å². The van der Waals surface area contributed by atoms with Gasteiger partial charge >= 0.3 is 0 Å². The molecule has 0 saturated carbocycles. The largest absolute Gasteiger partial charge is 0.339 e. The molecular weight excluding hydrogens is 318 g/mol. The fourth-order valence-corrected chi connectivity index (χ4v) is 2.63. The zero-order valence-electron chi connectivity index (χ0n) is 12.1. The minimum absolute atomic E-state index is 0.0387. The number of amides is 2. The molecule has 0 aliphatic rings. The maximum atomic E-state index is 11.8. The van der Waals surface area contributed by atoms with E-state index in [1.54, 1.807) is 50.6 Å². The van der Waals surface area contributed by atoms with Crippen molar-refractivity contribution in [2.24, 2.45) is 0 Å². The van der Waals surface area contributed by atoms with E-state index in [0.717, 1.165) is 21.7 Å². The van der Waals surface area contributed by atoms with Gasteiger partial charge in [-0.25, -0.2) is 4.98 Å². The molecule has 1 N–H and O–H groups in total. The third-order valence-electron chi connectivity index (χ3n) is 2.52. The van der Waals surface area contributed by atoms with Gasteiger partial charge in [0.2, 0.25) is 5.91 Å². The molecule has 0 aliphatic carbocycles. The molecule has 22 heavy (non-hydrogen) atoms. The van der Waals surface area contributed by atoms with E-state index in [-0.39, 0.29) is 11.1 Å². The number of benzene rings is 1. The Kier molecular flexibility index (Phi) is 5.74. The van der Waals surface area contributed by atoms with Crippen LogP contribution in [0.5, 0.6) is 0 Å². The fraction of sp³-hybridized carbons (Fsp3) is 0.133. The van der Waals surface area contributed by atoms with Crippen molar-refractivity contribution in [3.63, 3.8) is 0 Å². The third kappa shape index (κ3) is 5.01. The number of rotatable bonds is 4. The van der Waals surface area contributed by atoms with E-state index in [0.29, 0.717) is 5.69 Å². The Morgan fingerprint density at radius 2 is 2.00 bits per heavy atom. The molecule has 2 rings (SSSR count). The zero-order valence-corrected chi connectivity index (χ0v) is 13.8. The highest BCUT2D eigenvalue weighted by molar-refractivity contribution is 8.13. The standard InChI is InChI=1S/C15H15N3O2S2/c1-18(2)15(20)22-12-5-3-11(4-6-12)17-13(19)7-8-14-16-9-10-21-14/h3-10H,1-2H3,(H,17,19).